The van der Waals surface area contributed by atoms with Crippen LogP contribution in [0.15, 0.2) is 0 Å². The summed E-state index contributed by atoms with van der Waals surface area (Å²) in [4.78, 5) is 22.4. The summed E-state index contributed by atoms with van der Waals surface area (Å²) >= 11 is 0. The summed E-state index contributed by atoms with van der Waals surface area (Å²) in [5.74, 6) is -1.35. The molecule has 4 nitrogen and oxygen atoms in total. The Balaban J connectivity index is 4.30. The van der Waals surface area contributed by atoms with Crippen molar-refractivity contribution in [3.8, 4) is 0 Å². The highest BCUT2D eigenvalue weighted by molar-refractivity contribution is 5.84. The van der Waals surface area contributed by atoms with E-state index in [1.807, 2.05) is 0 Å². The molecule has 0 rings (SSSR count). The Morgan fingerprint density at radius 1 is 1.25 bits per heavy atom. The fourth-order valence-electron chi connectivity index (χ4n) is 1.17. The first-order valence-electron chi connectivity index (χ1n) is 5.66. The van der Waals surface area contributed by atoms with Gasteiger partial charge >= 0.3 is 5.97 Å². The summed E-state index contributed by atoms with van der Waals surface area (Å²) in [5.41, 5.74) is 0.0796. The summed E-state index contributed by atoms with van der Waals surface area (Å²) in [6, 6.07) is -0.769. The van der Waals surface area contributed by atoms with Crippen molar-refractivity contribution < 1.29 is 14.7 Å². The van der Waals surface area contributed by atoms with Crippen molar-refractivity contribution in [1.29, 1.82) is 0 Å². The van der Waals surface area contributed by atoms with Gasteiger partial charge in [-0.15, -0.1) is 0 Å². The smallest absolute Gasteiger partial charge is 0.326 e. The lowest BCUT2D eigenvalue weighted by Crippen LogP contribution is -2.43. The van der Waals surface area contributed by atoms with Crippen LogP contribution in [-0.2, 0) is 9.59 Å². The molecule has 0 bridgehead atoms. The van der Waals surface area contributed by atoms with E-state index >= 15 is 0 Å². The van der Waals surface area contributed by atoms with Crippen molar-refractivity contribution >= 4 is 11.9 Å². The molecule has 0 aliphatic rings. The van der Waals surface area contributed by atoms with Crippen molar-refractivity contribution in [2.24, 2.45) is 11.3 Å². The van der Waals surface area contributed by atoms with E-state index in [0.29, 0.717) is 6.42 Å². The molecule has 0 aliphatic heterocycles. The van der Waals surface area contributed by atoms with Gasteiger partial charge in [-0.25, -0.2) is 4.79 Å². The van der Waals surface area contributed by atoms with Gasteiger partial charge in [0, 0.05) is 5.92 Å². The zero-order valence-corrected chi connectivity index (χ0v) is 10.8. The van der Waals surface area contributed by atoms with Gasteiger partial charge < -0.3 is 10.4 Å². The molecule has 16 heavy (non-hydrogen) atoms. The van der Waals surface area contributed by atoms with Gasteiger partial charge in [0.1, 0.15) is 6.04 Å². The molecule has 0 fully saturated rings. The van der Waals surface area contributed by atoms with E-state index in [4.69, 9.17) is 5.11 Å². The highest BCUT2D eigenvalue weighted by Gasteiger charge is 2.23. The van der Waals surface area contributed by atoms with Crippen molar-refractivity contribution in [2.75, 3.05) is 0 Å². The van der Waals surface area contributed by atoms with Crippen LogP contribution in [0.4, 0.5) is 0 Å². The van der Waals surface area contributed by atoms with Gasteiger partial charge in [0.15, 0.2) is 0 Å². The zero-order valence-electron chi connectivity index (χ0n) is 10.8. The maximum atomic E-state index is 11.4. The number of rotatable bonds is 5. The Morgan fingerprint density at radius 3 is 2.06 bits per heavy atom. The van der Waals surface area contributed by atoms with E-state index in [9.17, 15) is 9.59 Å². The number of hydrogen-bond donors (Lipinski definition) is 2. The van der Waals surface area contributed by atoms with Crippen LogP contribution in [0.5, 0.6) is 0 Å². The Bertz CT molecular complexity index is 253. The molecule has 0 heterocycles. The third kappa shape index (κ3) is 6.43. The maximum absolute atomic E-state index is 11.4. The maximum Gasteiger partial charge on any atom is 0.326 e. The van der Waals surface area contributed by atoms with Gasteiger partial charge in [0.25, 0.3) is 0 Å². The van der Waals surface area contributed by atoms with Crippen LogP contribution in [0.3, 0.4) is 0 Å². The fourth-order valence-corrected chi connectivity index (χ4v) is 1.17. The van der Waals surface area contributed by atoms with E-state index in [2.05, 4.69) is 26.1 Å². The van der Waals surface area contributed by atoms with Crippen LogP contribution in [0.25, 0.3) is 0 Å². The largest absolute Gasteiger partial charge is 0.480 e. The van der Waals surface area contributed by atoms with Gasteiger partial charge in [0.05, 0.1) is 0 Å². The minimum atomic E-state index is -0.960. The molecular weight excluding hydrogens is 206 g/mol. The highest BCUT2D eigenvalue weighted by atomic mass is 16.4. The normalized spacial score (nSPS) is 13.6. The molecule has 4 heteroatoms. The lowest BCUT2D eigenvalue weighted by atomic mass is 9.88. The van der Waals surface area contributed by atoms with Crippen molar-refractivity contribution in [3.05, 3.63) is 0 Å². The molecule has 0 aromatic heterocycles. The van der Waals surface area contributed by atoms with E-state index in [-0.39, 0.29) is 17.2 Å². The fraction of sp³-hybridized carbons (Fsp3) is 0.833. The van der Waals surface area contributed by atoms with Gasteiger partial charge in [-0.2, -0.15) is 0 Å². The first kappa shape index (κ1) is 14.9. The molecule has 2 N–H and O–H groups in total. The third-order valence-electron chi connectivity index (χ3n) is 2.32. The minimum Gasteiger partial charge on any atom is -0.480 e. The number of carbonyl (C=O) groups is 2. The van der Waals surface area contributed by atoms with Crippen LogP contribution in [0.2, 0.25) is 0 Å². The third-order valence-corrected chi connectivity index (χ3v) is 2.32. The van der Waals surface area contributed by atoms with E-state index in [1.54, 1.807) is 13.8 Å². The molecule has 1 unspecified atom stereocenters. The minimum absolute atomic E-state index is 0.0796. The second-order valence-electron chi connectivity index (χ2n) is 5.65. The predicted molar refractivity (Wildman–Crippen MR) is 63.1 cm³/mol. The Kier molecular flexibility index (Phi) is 5.48. The van der Waals surface area contributed by atoms with E-state index < -0.39 is 12.0 Å². The molecular formula is C12H23NO3. The van der Waals surface area contributed by atoms with Gasteiger partial charge in [-0.05, 0) is 18.3 Å². The molecule has 0 saturated carbocycles. The Hall–Kier alpha value is -1.06. The molecule has 0 radical (unpaired) electrons. The predicted octanol–water partition coefficient (Wildman–Crippen LogP) is 2.04. The molecule has 0 aromatic carbocycles. The average molecular weight is 229 g/mol. The van der Waals surface area contributed by atoms with Gasteiger partial charge in [-0.1, -0.05) is 34.6 Å². The van der Waals surface area contributed by atoms with Crippen LogP contribution in [0.1, 0.15) is 47.5 Å². The van der Waals surface area contributed by atoms with Crippen LogP contribution in [0, 0.1) is 11.3 Å². The van der Waals surface area contributed by atoms with Crippen LogP contribution in [-0.4, -0.2) is 23.0 Å². The molecule has 1 atom stereocenters. The number of amides is 1. The summed E-state index contributed by atoms with van der Waals surface area (Å²) in [5, 5.41) is 11.5. The van der Waals surface area contributed by atoms with Gasteiger partial charge in [-0.3, -0.25) is 4.79 Å². The van der Waals surface area contributed by atoms with E-state index in [0.717, 1.165) is 6.42 Å². The topological polar surface area (TPSA) is 66.4 Å². The van der Waals surface area contributed by atoms with Crippen molar-refractivity contribution in [1.82, 2.24) is 5.32 Å². The monoisotopic (exact) mass is 229 g/mol. The van der Waals surface area contributed by atoms with Crippen LogP contribution < -0.4 is 5.32 Å². The second-order valence-corrected chi connectivity index (χ2v) is 5.65. The molecule has 1 amide bonds. The molecule has 0 aromatic rings. The summed E-state index contributed by atoms with van der Waals surface area (Å²) in [6.45, 7) is 9.65. The molecule has 0 saturated heterocycles. The van der Waals surface area contributed by atoms with Crippen molar-refractivity contribution in [3.63, 3.8) is 0 Å². The first-order chi connectivity index (χ1) is 7.13. The summed E-state index contributed by atoms with van der Waals surface area (Å²) in [6.07, 6.45) is 1.24. The Labute approximate surface area is 97.4 Å². The number of nitrogens with one attached hydrogen (secondary N) is 1. The highest BCUT2D eigenvalue weighted by Crippen LogP contribution is 2.21. The second kappa shape index (κ2) is 5.87. The number of hydrogen-bond acceptors (Lipinski definition) is 2. The first-order valence-corrected chi connectivity index (χ1v) is 5.66. The average Bonchev–Trinajstić information content (AvgIpc) is 2.09. The molecule has 0 spiro atoms. The Morgan fingerprint density at radius 2 is 1.75 bits per heavy atom. The van der Waals surface area contributed by atoms with E-state index in [1.165, 1.54) is 0 Å². The SMILES string of the molecule is CC(C)C(=O)NC(CCC(C)(C)C)C(=O)O. The molecule has 94 valence electrons. The standard InChI is InChI=1S/C12H23NO3/c1-8(2)10(14)13-9(11(15)16)6-7-12(3,4)5/h8-9H,6-7H2,1-5H3,(H,13,14)(H,15,16). The number of carbonyl (C=O) groups excluding carboxylic acids is 1. The quantitative estimate of drug-likeness (QED) is 0.758. The van der Waals surface area contributed by atoms with Gasteiger partial charge in [0.2, 0.25) is 5.91 Å². The number of carboxylic acid groups (broad SMARTS) is 1. The zero-order chi connectivity index (χ0) is 12.9. The lowest BCUT2D eigenvalue weighted by Gasteiger charge is -2.22. The van der Waals surface area contributed by atoms with Crippen LogP contribution >= 0.6 is 0 Å². The van der Waals surface area contributed by atoms with Crippen molar-refractivity contribution in [2.45, 2.75) is 53.5 Å². The lowest BCUT2D eigenvalue weighted by molar-refractivity contribution is -0.142. The number of aliphatic carboxylic acids is 1. The summed E-state index contributed by atoms with van der Waals surface area (Å²) in [7, 11) is 0. The number of carboxylic acids is 1. The molecule has 0 aliphatic carbocycles. The summed E-state index contributed by atoms with van der Waals surface area (Å²) < 4.78 is 0.